The molecule has 0 radical (unpaired) electrons. The van der Waals surface area contributed by atoms with Crippen LogP contribution in [0.25, 0.3) is 0 Å². The molecule has 1 atom stereocenters. The minimum absolute atomic E-state index is 0.326. The fourth-order valence-corrected chi connectivity index (χ4v) is 0.608. The van der Waals surface area contributed by atoms with Crippen LogP contribution in [0, 0.1) is 0 Å². The van der Waals surface area contributed by atoms with Crippen LogP contribution < -0.4 is 5.73 Å². The summed E-state index contributed by atoms with van der Waals surface area (Å²) in [5, 5.41) is 0. The Kier molecular flexibility index (Phi) is 5.18. The van der Waals surface area contributed by atoms with Crippen molar-refractivity contribution in [3.8, 4) is 0 Å². The highest BCUT2D eigenvalue weighted by atomic mass is 31.1. The van der Waals surface area contributed by atoms with Gasteiger partial charge in [0, 0.05) is 0 Å². The molecule has 48 valence electrons. The van der Waals surface area contributed by atoms with Gasteiger partial charge in [-0.05, 0) is 6.42 Å². The largest absolute Gasteiger partial charge is 0.328 e. The Balaban J connectivity index is 3.03. The highest BCUT2D eigenvalue weighted by molar-refractivity contribution is 7.17. The molecular formula is C4H10NO2P. The summed E-state index contributed by atoms with van der Waals surface area (Å²) >= 11 is 0. The van der Waals surface area contributed by atoms with Crippen LogP contribution in [0.5, 0.6) is 0 Å². The summed E-state index contributed by atoms with van der Waals surface area (Å²) in [6.07, 6.45) is 1.35. The maximum absolute atomic E-state index is 9.69. The fraction of sp³-hybridized carbons (Fsp3) is 1.00. The van der Waals surface area contributed by atoms with Crippen molar-refractivity contribution in [2.24, 2.45) is 5.73 Å². The lowest BCUT2D eigenvalue weighted by molar-refractivity contribution is 0.219. The maximum atomic E-state index is 9.69. The van der Waals surface area contributed by atoms with Gasteiger partial charge >= 0.3 is 8.69 Å². The predicted molar refractivity (Wildman–Crippen MR) is 31.6 cm³/mol. The minimum Gasteiger partial charge on any atom is -0.305 e. The lowest BCUT2D eigenvalue weighted by Crippen LogP contribution is -2.18. The molecule has 0 saturated heterocycles. The minimum atomic E-state index is -0.362. The Bertz CT molecular complexity index is 69.1. The average Bonchev–Trinajstić information content (AvgIpc) is 1.68. The highest BCUT2D eigenvalue weighted by Crippen LogP contribution is 2.02. The third kappa shape index (κ3) is 4.19. The van der Waals surface area contributed by atoms with E-state index in [0.717, 1.165) is 12.8 Å². The summed E-state index contributed by atoms with van der Waals surface area (Å²) in [7, 11) is -0.326. The van der Waals surface area contributed by atoms with Crippen molar-refractivity contribution in [2.45, 2.75) is 26.0 Å². The monoisotopic (exact) mass is 135 g/mol. The summed E-state index contributed by atoms with van der Waals surface area (Å²) < 4.78 is 14.2. The third-order valence-corrected chi connectivity index (χ3v) is 1.11. The van der Waals surface area contributed by atoms with E-state index >= 15 is 0 Å². The molecule has 0 aliphatic carbocycles. The number of hydrogen-bond acceptors (Lipinski definition) is 3. The van der Waals surface area contributed by atoms with Crippen LogP contribution in [0.3, 0.4) is 0 Å². The van der Waals surface area contributed by atoms with Gasteiger partial charge in [0.25, 0.3) is 0 Å². The Labute approximate surface area is 50.5 Å². The van der Waals surface area contributed by atoms with Crippen LogP contribution in [0.15, 0.2) is 0 Å². The Morgan fingerprint density at radius 2 is 2.50 bits per heavy atom. The molecule has 0 spiro atoms. The summed E-state index contributed by atoms with van der Waals surface area (Å²) in [5.74, 6) is 0. The number of nitrogens with two attached hydrogens (primary N) is 1. The predicted octanol–water partition coefficient (Wildman–Crippen LogP) is 1.29. The van der Waals surface area contributed by atoms with E-state index in [1.807, 2.05) is 6.92 Å². The standard InChI is InChI=1S/C4H10NO2P/c1-2-3-4(5)7-8-6/h4H,2-3,5H2,1H3. The molecule has 0 aromatic heterocycles. The van der Waals surface area contributed by atoms with Gasteiger partial charge < -0.3 is 5.73 Å². The molecule has 0 aromatic carbocycles. The topological polar surface area (TPSA) is 52.3 Å². The Morgan fingerprint density at radius 1 is 1.88 bits per heavy atom. The first-order valence-corrected chi connectivity index (χ1v) is 3.28. The van der Waals surface area contributed by atoms with E-state index in [1.54, 1.807) is 0 Å². The molecule has 0 fully saturated rings. The van der Waals surface area contributed by atoms with Gasteiger partial charge in [0.15, 0.2) is 0 Å². The molecule has 8 heavy (non-hydrogen) atoms. The van der Waals surface area contributed by atoms with Crippen LogP contribution in [-0.4, -0.2) is 6.23 Å². The van der Waals surface area contributed by atoms with Crippen molar-refractivity contribution in [3.05, 3.63) is 0 Å². The zero-order valence-corrected chi connectivity index (χ0v) is 5.73. The number of rotatable bonds is 4. The summed E-state index contributed by atoms with van der Waals surface area (Å²) in [6, 6.07) is 0. The van der Waals surface area contributed by atoms with Gasteiger partial charge in [0.05, 0.1) is 0 Å². The Hall–Kier alpha value is 0.0200. The molecule has 0 aliphatic rings. The first-order chi connectivity index (χ1) is 3.81. The van der Waals surface area contributed by atoms with E-state index in [9.17, 15) is 4.57 Å². The highest BCUT2D eigenvalue weighted by Gasteiger charge is 1.97. The second-order valence-corrected chi connectivity index (χ2v) is 1.87. The van der Waals surface area contributed by atoms with Crippen LogP contribution in [0.2, 0.25) is 0 Å². The molecule has 0 amide bonds. The van der Waals surface area contributed by atoms with Gasteiger partial charge in [-0.15, -0.1) is 0 Å². The molecule has 1 unspecified atom stereocenters. The molecule has 0 heterocycles. The summed E-state index contributed by atoms with van der Waals surface area (Å²) in [6.45, 7) is 1.99. The lowest BCUT2D eigenvalue weighted by atomic mass is 10.3. The van der Waals surface area contributed by atoms with Gasteiger partial charge in [0.2, 0.25) is 0 Å². The van der Waals surface area contributed by atoms with Crippen LogP contribution in [0.4, 0.5) is 0 Å². The SMILES string of the molecule is CCCC(N)OP=O. The van der Waals surface area contributed by atoms with E-state index < -0.39 is 0 Å². The summed E-state index contributed by atoms with van der Waals surface area (Å²) in [5.41, 5.74) is 5.27. The van der Waals surface area contributed by atoms with E-state index in [2.05, 4.69) is 4.52 Å². The smallest absolute Gasteiger partial charge is 0.305 e. The van der Waals surface area contributed by atoms with Crippen molar-refractivity contribution >= 4 is 8.69 Å². The quantitative estimate of drug-likeness (QED) is 0.466. The van der Waals surface area contributed by atoms with E-state index in [-0.39, 0.29) is 14.9 Å². The van der Waals surface area contributed by atoms with Crippen LogP contribution >= 0.6 is 8.69 Å². The van der Waals surface area contributed by atoms with Gasteiger partial charge in [0.1, 0.15) is 6.23 Å². The number of hydrogen-bond donors (Lipinski definition) is 1. The molecule has 2 N–H and O–H groups in total. The van der Waals surface area contributed by atoms with E-state index in [4.69, 9.17) is 5.73 Å². The zero-order valence-electron chi connectivity index (χ0n) is 4.83. The van der Waals surface area contributed by atoms with Gasteiger partial charge in [-0.2, -0.15) is 0 Å². The molecule has 0 rings (SSSR count). The molecule has 0 bridgehead atoms. The average molecular weight is 135 g/mol. The molecule has 0 saturated carbocycles. The molecule has 0 aliphatic heterocycles. The van der Waals surface area contributed by atoms with Crippen molar-refractivity contribution in [3.63, 3.8) is 0 Å². The molecule has 3 nitrogen and oxygen atoms in total. The second-order valence-electron chi connectivity index (χ2n) is 1.51. The van der Waals surface area contributed by atoms with Crippen molar-refractivity contribution < 1.29 is 9.09 Å². The first-order valence-electron chi connectivity index (χ1n) is 2.55. The second kappa shape index (κ2) is 5.16. The zero-order chi connectivity index (χ0) is 6.41. The van der Waals surface area contributed by atoms with Crippen molar-refractivity contribution in [2.75, 3.05) is 0 Å². The normalized spacial score (nSPS) is 14.2. The first kappa shape index (κ1) is 8.02. The Morgan fingerprint density at radius 3 is 2.88 bits per heavy atom. The van der Waals surface area contributed by atoms with Crippen molar-refractivity contribution in [1.29, 1.82) is 0 Å². The van der Waals surface area contributed by atoms with Gasteiger partial charge in [-0.1, -0.05) is 13.3 Å². The van der Waals surface area contributed by atoms with Crippen LogP contribution in [-0.2, 0) is 9.09 Å². The fourth-order valence-electron chi connectivity index (χ4n) is 0.392. The van der Waals surface area contributed by atoms with Crippen molar-refractivity contribution in [1.82, 2.24) is 0 Å². The van der Waals surface area contributed by atoms with Gasteiger partial charge in [-0.25, -0.2) is 4.57 Å². The lowest BCUT2D eigenvalue weighted by Gasteiger charge is -2.02. The third-order valence-electron chi connectivity index (χ3n) is 0.752. The molecule has 4 heteroatoms. The molecular weight excluding hydrogens is 125 g/mol. The van der Waals surface area contributed by atoms with E-state index in [0.29, 0.717) is 0 Å². The maximum Gasteiger partial charge on any atom is 0.328 e. The van der Waals surface area contributed by atoms with E-state index in [1.165, 1.54) is 0 Å². The summed E-state index contributed by atoms with van der Waals surface area (Å²) in [4.78, 5) is 0. The van der Waals surface area contributed by atoms with Gasteiger partial charge in [-0.3, -0.25) is 4.52 Å². The molecule has 0 aromatic rings. The van der Waals surface area contributed by atoms with Crippen LogP contribution in [0.1, 0.15) is 19.8 Å².